The fourth-order valence-corrected chi connectivity index (χ4v) is 2.34. The predicted molar refractivity (Wildman–Crippen MR) is 86.9 cm³/mol. The molecule has 3 rings (SSSR count). The highest BCUT2D eigenvalue weighted by atomic mass is 16.5. The monoisotopic (exact) mass is 292 g/mol. The first-order valence-corrected chi connectivity index (χ1v) is 6.97. The number of nitrogens with zero attached hydrogens (tertiary/aromatic N) is 2. The van der Waals surface area contributed by atoms with E-state index in [9.17, 15) is 4.79 Å². The van der Waals surface area contributed by atoms with E-state index in [-0.39, 0.29) is 5.56 Å². The van der Waals surface area contributed by atoms with Gasteiger partial charge in [-0.2, -0.15) is 5.10 Å². The number of ether oxygens (including phenoxy) is 1. The van der Waals surface area contributed by atoms with Gasteiger partial charge in [0.25, 0.3) is 5.56 Å². The van der Waals surface area contributed by atoms with Crippen molar-refractivity contribution in [2.75, 3.05) is 7.11 Å². The van der Waals surface area contributed by atoms with Crippen molar-refractivity contribution < 1.29 is 4.74 Å². The second kappa shape index (κ2) is 5.85. The molecule has 4 nitrogen and oxygen atoms in total. The topological polar surface area (TPSA) is 44.1 Å². The standard InChI is InChI=1S/C18H16N2O2/c1-20-17(21)12-16(13-6-4-3-5-7-13)18(19-20)14-8-10-15(22-2)11-9-14/h3-12H,1-2H3. The molecule has 3 aromatic rings. The van der Waals surface area contributed by atoms with E-state index in [4.69, 9.17) is 4.74 Å². The Morgan fingerprint density at radius 2 is 1.64 bits per heavy atom. The number of aromatic nitrogens is 2. The van der Waals surface area contributed by atoms with E-state index in [1.54, 1.807) is 20.2 Å². The summed E-state index contributed by atoms with van der Waals surface area (Å²) in [6.07, 6.45) is 0. The van der Waals surface area contributed by atoms with Crippen LogP contribution in [0.5, 0.6) is 5.75 Å². The van der Waals surface area contributed by atoms with Gasteiger partial charge in [0.1, 0.15) is 5.75 Å². The highest BCUT2D eigenvalue weighted by molar-refractivity contribution is 5.80. The molecule has 0 N–H and O–H groups in total. The number of hydrogen-bond acceptors (Lipinski definition) is 3. The average Bonchev–Trinajstić information content (AvgIpc) is 2.58. The number of benzene rings is 2. The van der Waals surface area contributed by atoms with E-state index in [1.165, 1.54) is 4.68 Å². The zero-order valence-corrected chi connectivity index (χ0v) is 12.5. The number of rotatable bonds is 3. The van der Waals surface area contributed by atoms with Crippen molar-refractivity contribution in [1.82, 2.24) is 9.78 Å². The zero-order valence-electron chi connectivity index (χ0n) is 12.5. The van der Waals surface area contributed by atoms with Crippen LogP contribution in [0.15, 0.2) is 65.5 Å². The van der Waals surface area contributed by atoms with E-state index in [1.807, 2.05) is 54.6 Å². The summed E-state index contributed by atoms with van der Waals surface area (Å²) in [5.41, 5.74) is 3.38. The van der Waals surface area contributed by atoms with Gasteiger partial charge in [-0.1, -0.05) is 30.3 Å². The molecule has 0 spiro atoms. The van der Waals surface area contributed by atoms with Crippen LogP contribution in [0.2, 0.25) is 0 Å². The third kappa shape index (κ3) is 2.63. The van der Waals surface area contributed by atoms with Crippen LogP contribution in [0, 0.1) is 0 Å². The smallest absolute Gasteiger partial charge is 0.267 e. The maximum Gasteiger partial charge on any atom is 0.267 e. The number of aryl methyl sites for hydroxylation is 1. The third-order valence-corrected chi connectivity index (χ3v) is 3.54. The van der Waals surface area contributed by atoms with E-state index in [2.05, 4.69) is 5.10 Å². The third-order valence-electron chi connectivity index (χ3n) is 3.54. The molecule has 0 bridgehead atoms. The van der Waals surface area contributed by atoms with Crippen LogP contribution in [0.25, 0.3) is 22.4 Å². The first kappa shape index (κ1) is 14.1. The van der Waals surface area contributed by atoms with Crippen molar-refractivity contribution in [3.05, 3.63) is 71.0 Å². The molecule has 110 valence electrons. The van der Waals surface area contributed by atoms with Crippen molar-refractivity contribution in [2.45, 2.75) is 0 Å². The van der Waals surface area contributed by atoms with Crippen LogP contribution >= 0.6 is 0 Å². The summed E-state index contributed by atoms with van der Waals surface area (Å²) in [6, 6.07) is 19.1. The van der Waals surface area contributed by atoms with Crippen molar-refractivity contribution in [3.8, 4) is 28.1 Å². The molecule has 0 saturated carbocycles. The molecule has 0 fully saturated rings. The van der Waals surface area contributed by atoms with E-state index >= 15 is 0 Å². The van der Waals surface area contributed by atoms with Gasteiger partial charge in [0.15, 0.2) is 0 Å². The number of methoxy groups -OCH3 is 1. The quantitative estimate of drug-likeness (QED) is 0.745. The van der Waals surface area contributed by atoms with Gasteiger partial charge in [-0.15, -0.1) is 0 Å². The van der Waals surface area contributed by atoms with Gasteiger partial charge < -0.3 is 4.74 Å². The van der Waals surface area contributed by atoms with Crippen molar-refractivity contribution in [3.63, 3.8) is 0 Å². The van der Waals surface area contributed by atoms with Gasteiger partial charge in [-0.05, 0) is 29.8 Å². The molecule has 4 heteroatoms. The molecule has 0 saturated heterocycles. The Labute approximate surface area is 128 Å². The molecule has 0 atom stereocenters. The summed E-state index contributed by atoms with van der Waals surface area (Å²) in [5, 5.41) is 4.44. The molecule has 22 heavy (non-hydrogen) atoms. The van der Waals surface area contributed by atoms with E-state index in [0.717, 1.165) is 28.1 Å². The molecular weight excluding hydrogens is 276 g/mol. The molecule has 0 aliphatic carbocycles. The predicted octanol–water partition coefficient (Wildman–Crippen LogP) is 3.12. The minimum atomic E-state index is -0.129. The zero-order chi connectivity index (χ0) is 15.5. The summed E-state index contributed by atoms with van der Waals surface area (Å²) < 4.78 is 6.54. The Morgan fingerprint density at radius 1 is 0.955 bits per heavy atom. The summed E-state index contributed by atoms with van der Waals surface area (Å²) in [5.74, 6) is 0.787. The normalized spacial score (nSPS) is 10.5. The maximum atomic E-state index is 12.0. The lowest BCUT2D eigenvalue weighted by atomic mass is 10.00. The van der Waals surface area contributed by atoms with Gasteiger partial charge in [-0.3, -0.25) is 4.79 Å². The van der Waals surface area contributed by atoms with Gasteiger partial charge in [0.05, 0.1) is 12.8 Å². The van der Waals surface area contributed by atoms with Gasteiger partial charge >= 0.3 is 0 Å². The molecule has 0 amide bonds. The second-order valence-electron chi connectivity index (χ2n) is 4.96. The molecular formula is C18H16N2O2. The fraction of sp³-hybridized carbons (Fsp3) is 0.111. The van der Waals surface area contributed by atoms with Crippen molar-refractivity contribution >= 4 is 0 Å². The summed E-state index contributed by atoms with van der Waals surface area (Å²) in [6.45, 7) is 0. The second-order valence-corrected chi connectivity index (χ2v) is 4.96. The van der Waals surface area contributed by atoms with Crippen LogP contribution in [0.4, 0.5) is 0 Å². The highest BCUT2D eigenvalue weighted by Crippen LogP contribution is 2.29. The largest absolute Gasteiger partial charge is 0.497 e. The Balaban J connectivity index is 2.21. The van der Waals surface area contributed by atoms with Crippen LogP contribution in [0.1, 0.15) is 0 Å². The van der Waals surface area contributed by atoms with Crippen molar-refractivity contribution in [1.29, 1.82) is 0 Å². The molecule has 0 aliphatic heterocycles. The molecule has 1 heterocycles. The first-order chi connectivity index (χ1) is 10.7. The van der Waals surface area contributed by atoms with Crippen LogP contribution in [0.3, 0.4) is 0 Å². The lowest BCUT2D eigenvalue weighted by molar-refractivity contribution is 0.415. The fourth-order valence-electron chi connectivity index (χ4n) is 2.34. The molecule has 0 radical (unpaired) electrons. The first-order valence-electron chi connectivity index (χ1n) is 6.97. The Bertz CT molecular complexity index is 837. The van der Waals surface area contributed by atoms with E-state index < -0.39 is 0 Å². The molecule has 2 aromatic carbocycles. The molecule has 0 aliphatic rings. The summed E-state index contributed by atoms with van der Waals surface area (Å²) >= 11 is 0. The van der Waals surface area contributed by atoms with Gasteiger partial charge in [0, 0.05) is 24.2 Å². The number of hydrogen-bond donors (Lipinski definition) is 0. The van der Waals surface area contributed by atoms with Gasteiger partial charge in [0.2, 0.25) is 0 Å². The maximum absolute atomic E-state index is 12.0. The van der Waals surface area contributed by atoms with Gasteiger partial charge in [-0.25, -0.2) is 4.68 Å². The Morgan fingerprint density at radius 3 is 2.27 bits per heavy atom. The Kier molecular flexibility index (Phi) is 3.74. The molecule has 1 aromatic heterocycles. The van der Waals surface area contributed by atoms with Crippen LogP contribution in [-0.2, 0) is 7.05 Å². The van der Waals surface area contributed by atoms with Crippen molar-refractivity contribution in [2.24, 2.45) is 7.05 Å². The lowest BCUT2D eigenvalue weighted by Crippen LogP contribution is -2.19. The highest BCUT2D eigenvalue weighted by Gasteiger charge is 2.11. The lowest BCUT2D eigenvalue weighted by Gasteiger charge is -2.11. The summed E-state index contributed by atoms with van der Waals surface area (Å²) in [7, 11) is 3.29. The Hall–Kier alpha value is -2.88. The van der Waals surface area contributed by atoms with Crippen LogP contribution < -0.4 is 10.3 Å². The molecule has 0 unspecified atom stereocenters. The SMILES string of the molecule is COc1ccc(-c2nn(C)c(=O)cc2-c2ccccc2)cc1. The minimum absolute atomic E-state index is 0.129. The van der Waals surface area contributed by atoms with E-state index in [0.29, 0.717) is 0 Å². The van der Waals surface area contributed by atoms with Crippen LogP contribution in [-0.4, -0.2) is 16.9 Å². The average molecular weight is 292 g/mol. The minimum Gasteiger partial charge on any atom is -0.497 e. The summed E-state index contributed by atoms with van der Waals surface area (Å²) in [4.78, 5) is 12.0.